The normalized spacial score (nSPS) is 18.6. The van der Waals surface area contributed by atoms with Crippen LogP contribution in [0, 0.1) is 0 Å². The van der Waals surface area contributed by atoms with Crippen LogP contribution in [0.15, 0.2) is 28.8 Å². The van der Waals surface area contributed by atoms with E-state index in [1.54, 1.807) is 19.1 Å². The molecule has 2 heterocycles. The van der Waals surface area contributed by atoms with Gasteiger partial charge in [-0.15, -0.1) is 0 Å². The van der Waals surface area contributed by atoms with Crippen molar-refractivity contribution in [2.75, 3.05) is 0 Å². The van der Waals surface area contributed by atoms with Gasteiger partial charge in [0.15, 0.2) is 5.03 Å². The molecule has 0 saturated carbocycles. The van der Waals surface area contributed by atoms with Gasteiger partial charge in [0.05, 0.1) is 0 Å². The van der Waals surface area contributed by atoms with E-state index in [9.17, 15) is 8.42 Å². The van der Waals surface area contributed by atoms with Crippen molar-refractivity contribution in [2.45, 2.75) is 11.9 Å². The van der Waals surface area contributed by atoms with Crippen LogP contribution in [0.4, 0.5) is 0 Å². The Morgan fingerprint density at radius 2 is 2.17 bits per heavy atom. The van der Waals surface area contributed by atoms with Crippen molar-refractivity contribution >= 4 is 15.4 Å². The molecule has 0 saturated heterocycles. The van der Waals surface area contributed by atoms with Gasteiger partial charge in [0.2, 0.25) is 9.84 Å². The van der Waals surface area contributed by atoms with Crippen molar-refractivity contribution in [1.29, 1.82) is 0 Å². The molecular weight excluding hydrogens is 174 g/mol. The lowest BCUT2D eigenvalue weighted by Crippen LogP contribution is -1.95. The Kier molecular flexibility index (Phi) is 1.35. The highest BCUT2D eigenvalue weighted by atomic mass is 32.2. The van der Waals surface area contributed by atoms with Gasteiger partial charge in [-0.25, -0.2) is 13.4 Å². The van der Waals surface area contributed by atoms with Gasteiger partial charge >= 0.3 is 0 Å². The molecule has 0 unspecified atom stereocenters. The summed E-state index contributed by atoms with van der Waals surface area (Å²) < 4.78 is 22.6. The van der Waals surface area contributed by atoms with Gasteiger partial charge in [0.1, 0.15) is 0 Å². The molecule has 12 heavy (non-hydrogen) atoms. The number of hydrogen-bond donors (Lipinski definition) is 0. The SMILES string of the molecule is CC1=CS(=O)(=O)c2ncccc21. The first kappa shape index (κ1) is 7.49. The van der Waals surface area contributed by atoms with E-state index < -0.39 is 9.84 Å². The molecule has 0 N–H and O–H groups in total. The quantitative estimate of drug-likeness (QED) is 0.604. The molecule has 0 aliphatic carbocycles. The summed E-state index contributed by atoms with van der Waals surface area (Å²) in [6.07, 6.45) is 1.49. The molecule has 1 aliphatic heterocycles. The fourth-order valence-electron chi connectivity index (χ4n) is 1.27. The lowest BCUT2D eigenvalue weighted by molar-refractivity contribution is 0.602. The lowest BCUT2D eigenvalue weighted by Gasteiger charge is -1.95. The van der Waals surface area contributed by atoms with Gasteiger partial charge in [0, 0.05) is 17.2 Å². The highest BCUT2D eigenvalue weighted by Gasteiger charge is 2.25. The Hall–Kier alpha value is -1.16. The molecule has 4 heteroatoms. The zero-order chi connectivity index (χ0) is 8.77. The van der Waals surface area contributed by atoms with Crippen LogP contribution in [0.5, 0.6) is 0 Å². The van der Waals surface area contributed by atoms with Crippen molar-refractivity contribution in [3.8, 4) is 0 Å². The minimum atomic E-state index is -3.23. The number of allylic oxidation sites excluding steroid dienone is 1. The van der Waals surface area contributed by atoms with Crippen molar-refractivity contribution in [1.82, 2.24) is 4.98 Å². The molecule has 0 spiro atoms. The van der Waals surface area contributed by atoms with Crippen LogP contribution < -0.4 is 0 Å². The van der Waals surface area contributed by atoms with Crippen molar-refractivity contribution in [2.24, 2.45) is 0 Å². The molecule has 0 radical (unpaired) electrons. The van der Waals surface area contributed by atoms with Crippen LogP contribution in [0.25, 0.3) is 5.57 Å². The average molecular weight is 181 g/mol. The molecule has 2 rings (SSSR count). The van der Waals surface area contributed by atoms with Gasteiger partial charge in [-0.2, -0.15) is 0 Å². The number of hydrogen-bond acceptors (Lipinski definition) is 3. The van der Waals surface area contributed by atoms with Crippen LogP contribution in [0.1, 0.15) is 12.5 Å². The number of pyridine rings is 1. The van der Waals surface area contributed by atoms with Gasteiger partial charge in [-0.05, 0) is 18.6 Å². The first-order chi connectivity index (χ1) is 5.61. The third-order valence-corrected chi connectivity index (χ3v) is 3.33. The second kappa shape index (κ2) is 2.17. The molecule has 0 aromatic carbocycles. The fraction of sp³-hybridized carbons (Fsp3) is 0.125. The summed E-state index contributed by atoms with van der Waals surface area (Å²) in [5, 5.41) is 1.44. The first-order valence-corrected chi connectivity index (χ1v) is 5.05. The molecule has 62 valence electrons. The fourth-order valence-corrected chi connectivity index (χ4v) is 2.72. The average Bonchev–Trinajstić information content (AvgIpc) is 2.25. The molecule has 0 bridgehead atoms. The molecule has 0 atom stereocenters. The van der Waals surface area contributed by atoms with Gasteiger partial charge in [-0.1, -0.05) is 6.07 Å². The number of sulfone groups is 1. The molecule has 0 fully saturated rings. The topological polar surface area (TPSA) is 47.0 Å². The second-order valence-corrected chi connectivity index (χ2v) is 4.41. The summed E-state index contributed by atoms with van der Waals surface area (Å²) >= 11 is 0. The summed E-state index contributed by atoms with van der Waals surface area (Å²) in [7, 11) is -3.23. The van der Waals surface area contributed by atoms with E-state index in [1.807, 2.05) is 0 Å². The number of aromatic nitrogens is 1. The van der Waals surface area contributed by atoms with Gasteiger partial charge < -0.3 is 0 Å². The Balaban J connectivity index is 2.86. The van der Waals surface area contributed by atoms with Crippen molar-refractivity contribution < 1.29 is 8.42 Å². The van der Waals surface area contributed by atoms with E-state index in [0.717, 1.165) is 11.1 Å². The van der Waals surface area contributed by atoms with E-state index in [1.165, 1.54) is 11.6 Å². The zero-order valence-electron chi connectivity index (χ0n) is 6.48. The Morgan fingerprint density at radius 1 is 1.42 bits per heavy atom. The standard InChI is InChI=1S/C8H7NO2S/c1-6-5-12(10,11)8-7(6)3-2-4-9-8/h2-5H,1H3. The predicted molar refractivity (Wildman–Crippen MR) is 45.1 cm³/mol. The van der Waals surface area contributed by atoms with E-state index in [0.29, 0.717) is 0 Å². The van der Waals surface area contributed by atoms with Crippen LogP contribution in [-0.2, 0) is 9.84 Å². The van der Waals surface area contributed by atoms with E-state index in [-0.39, 0.29) is 5.03 Å². The Bertz CT molecular complexity index is 460. The highest BCUT2D eigenvalue weighted by Crippen LogP contribution is 2.30. The highest BCUT2D eigenvalue weighted by molar-refractivity contribution is 7.94. The summed E-state index contributed by atoms with van der Waals surface area (Å²) in [6.45, 7) is 1.77. The van der Waals surface area contributed by atoms with Crippen LogP contribution in [0.3, 0.4) is 0 Å². The maximum atomic E-state index is 11.3. The third kappa shape index (κ3) is 0.881. The molecule has 3 nitrogen and oxygen atoms in total. The minimum Gasteiger partial charge on any atom is -0.244 e. The maximum absolute atomic E-state index is 11.3. The van der Waals surface area contributed by atoms with Crippen molar-refractivity contribution in [3.05, 3.63) is 29.3 Å². The maximum Gasteiger partial charge on any atom is 0.217 e. The van der Waals surface area contributed by atoms with Gasteiger partial charge in [0.25, 0.3) is 0 Å². The zero-order valence-corrected chi connectivity index (χ0v) is 7.30. The third-order valence-electron chi connectivity index (χ3n) is 1.80. The lowest BCUT2D eigenvalue weighted by atomic mass is 10.2. The Morgan fingerprint density at radius 3 is 2.83 bits per heavy atom. The van der Waals surface area contributed by atoms with E-state index >= 15 is 0 Å². The smallest absolute Gasteiger partial charge is 0.217 e. The minimum absolute atomic E-state index is 0.183. The summed E-state index contributed by atoms with van der Waals surface area (Å²) in [5.74, 6) is 0. The molecule has 1 aromatic rings. The summed E-state index contributed by atoms with van der Waals surface area (Å²) in [4.78, 5) is 3.82. The van der Waals surface area contributed by atoms with Gasteiger partial charge in [-0.3, -0.25) is 0 Å². The second-order valence-electron chi connectivity index (χ2n) is 2.70. The van der Waals surface area contributed by atoms with Crippen LogP contribution in [0.2, 0.25) is 0 Å². The van der Waals surface area contributed by atoms with E-state index in [4.69, 9.17) is 0 Å². The number of nitrogens with zero attached hydrogens (tertiary/aromatic N) is 1. The molecule has 1 aliphatic rings. The largest absolute Gasteiger partial charge is 0.244 e. The molecule has 1 aromatic heterocycles. The number of rotatable bonds is 0. The molecular formula is C8H7NO2S. The first-order valence-electron chi connectivity index (χ1n) is 3.50. The summed E-state index contributed by atoms with van der Waals surface area (Å²) in [6, 6.07) is 3.50. The summed E-state index contributed by atoms with van der Waals surface area (Å²) in [5.41, 5.74) is 1.48. The predicted octanol–water partition coefficient (Wildman–Crippen LogP) is 1.23. The van der Waals surface area contributed by atoms with Crippen molar-refractivity contribution in [3.63, 3.8) is 0 Å². The van der Waals surface area contributed by atoms with Crippen LogP contribution >= 0.6 is 0 Å². The van der Waals surface area contributed by atoms with E-state index in [2.05, 4.69) is 4.98 Å². The van der Waals surface area contributed by atoms with Crippen LogP contribution in [-0.4, -0.2) is 13.4 Å². The molecule has 0 amide bonds. The Labute approximate surface area is 70.7 Å². The number of fused-ring (bicyclic) bond motifs is 1. The monoisotopic (exact) mass is 181 g/mol.